The Morgan fingerprint density at radius 3 is 3.05 bits per heavy atom. The molecule has 0 saturated carbocycles. The monoisotopic (exact) mass is 292 g/mol. The zero-order valence-corrected chi connectivity index (χ0v) is 12.1. The fraction of sp³-hybridized carbons (Fsp3) is 0.467. The highest BCUT2D eigenvalue weighted by Crippen LogP contribution is 2.29. The number of carbonyl (C=O) groups is 1. The molecule has 1 N–H and O–H groups in total. The van der Waals surface area contributed by atoms with Crippen LogP contribution in [0.15, 0.2) is 12.1 Å². The van der Waals surface area contributed by atoms with E-state index in [1.54, 1.807) is 0 Å². The van der Waals surface area contributed by atoms with E-state index in [0.717, 1.165) is 23.1 Å². The van der Waals surface area contributed by atoms with Crippen molar-refractivity contribution in [1.29, 1.82) is 0 Å². The molecule has 106 valence electrons. The normalized spacial score (nSPS) is 14.2. The number of aryl methyl sites for hydroxylation is 2. The number of aromatic nitrogens is 1. The largest absolute Gasteiger partial charge is 0.351 e. The first-order valence-corrected chi connectivity index (χ1v) is 7.86. The Morgan fingerprint density at radius 1 is 1.35 bits per heavy atom. The third-order valence-corrected chi connectivity index (χ3v) is 4.65. The van der Waals surface area contributed by atoms with Gasteiger partial charge in [-0.05, 0) is 49.8 Å². The van der Waals surface area contributed by atoms with Gasteiger partial charge in [0.25, 0.3) is 5.91 Å². The predicted octanol–water partition coefficient (Wildman–Crippen LogP) is 3.26. The van der Waals surface area contributed by atoms with E-state index < -0.39 is 6.67 Å². The molecule has 5 heteroatoms. The molecule has 0 spiro atoms. The summed E-state index contributed by atoms with van der Waals surface area (Å²) in [5.41, 5.74) is 2.51. The lowest BCUT2D eigenvalue weighted by atomic mass is 9.96. The van der Waals surface area contributed by atoms with E-state index in [2.05, 4.69) is 11.4 Å². The van der Waals surface area contributed by atoms with Crippen LogP contribution in [-0.2, 0) is 12.8 Å². The molecule has 0 saturated heterocycles. The quantitative estimate of drug-likeness (QED) is 0.879. The van der Waals surface area contributed by atoms with Gasteiger partial charge in [-0.2, -0.15) is 0 Å². The number of thiophene rings is 1. The zero-order chi connectivity index (χ0) is 13.9. The molecule has 1 amide bonds. The molecule has 2 aromatic rings. The molecule has 0 atom stereocenters. The lowest BCUT2D eigenvalue weighted by Crippen LogP contribution is -2.23. The molecular weight excluding hydrogens is 275 g/mol. The van der Waals surface area contributed by atoms with Gasteiger partial charge in [-0.3, -0.25) is 9.18 Å². The molecule has 3 rings (SSSR count). The smallest absolute Gasteiger partial charge is 0.261 e. The first-order valence-electron chi connectivity index (χ1n) is 7.04. The Bertz CT molecular complexity index is 595. The van der Waals surface area contributed by atoms with Crippen LogP contribution in [0.4, 0.5) is 4.39 Å². The van der Waals surface area contributed by atoms with Crippen LogP contribution in [0.5, 0.6) is 0 Å². The number of halogens is 1. The van der Waals surface area contributed by atoms with Gasteiger partial charge in [-0.1, -0.05) is 0 Å². The van der Waals surface area contributed by atoms with Crippen molar-refractivity contribution in [3.8, 4) is 0 Å². The summed E-state index contributed by atoms with van der Waals surface area (Å²) in [5.74, 6) is -0.126. The number of fused-ring (bicyclic) bond motifs is 2. The van der Waals surface area contributed by atoms with Gasteiger partial charge in [-0.15, -0.1) is 11.3 Å². The predicted molar refractivity (Wildman–Crippen MR) is 79.2 cm³/mol. The lowest BCUT2D eigenvalue weighted by Gasteiger charge is -2.13. The van der Waals surface area contributed by atoms with Crippen molar-refractivity contribution in [2.75, 3.05) is 13.2 Å². The molecule has 1 aliphatic rings. The molecule has 0 fully saturated rings. The number of nitrogens with zero attached hydrogens (tertiary/aromatic N) is 1. The summed E-state index contributed by atoms with van der Waals surface area (Å²) in [6.07, 6.45) is 4.92. The van der Waals surface area contributed by atoms with E-state index in [1.165, 1.54) is 35.4 Å². The summed E-state index contributed by atoms with van der Waals surface area (Å²) < 4.78 is 12.0. The first kappa shape index (κ1) is 13.5. The third-order valence-electron chi connectivity index (χ3n) is 3.61. The number of amides is 1. The molecule has 0 unspecified atom stereocenters. The van der Waals surface area contributed by atoms with E-state index in [-0.39, 0.29) is 5.91 Å². The van der Waals surface area contributed by atoms with Crippen LogP contribution in [0.1, 0.15) is 40.2 Å². The fourth-order valence-corrected chi connectivity index (χ4v) is 3.51. The average molecular weight is 292 g/mol. The number of hydrogen-bond acceptors (Lipinski definition) is 3. The minimum Gasteiger partial charge on any atom is -0.351 e. The highest BCUT2D eigenvalue weighted by Gasteiger charge is 2.15. The average Bonchev–Trinajstić information content (AvgIpc) is 2.87. The second-order valence-corrected chi connectivity index (χ2v) is 6.14. The van der Waals surface area contributed by atoms with Gasteiger partial charge in [0.15, 0.2) is 0 Å². The maximum atomic E-state index is 12.0. The van der Waals surface area contributed by atoms with E-state index in [4.69, 9.17) is 4.98 Å². The number of carbonyl (C=O) groups excluding carboxylic acids is 1. The van der Waals surface area contributed by atoms with Crippen LogP contribution >= 0.6 is 11.3 Å². The highest BCUT2D eigenvalue weighted by molar-refractivity contribution is 7.20. The molecule has 0 radical (unpaired) electrons. The molecular formula is C15H17FN2OS. The molecule has 20 heavy (non-hydrogen) atoms. The Hall–Kier alpha value is -1.49. The standard InChI is InChI=1S/C15H17FN2OS/c16-6-3-7-17-14(19)13-9-11-8-10-4-1-2-5-12(10)18-15(11)20-13/h8-9H,1-7H2,(H,17,19). The van der Waals surface area contributed by atoms with Crippen LogP contribution in [0, 0.1) is 0 Å². The number of alkyl halides is 1. The molecule has 0 bridgehead atoms. The summed E-state index contributed by atoms with van der Waals surface area (Å²) in [6, 6.07) is 4.07. The van der Waals surface area contributed by atoms with Crippen molar-refractivity contribution in [3.63, 3.8) is 0 Å². The van der Waals surface area contributed by atoms with Crippen LogP contribution < -0.4 is 5.32 Å². The number of rotatable bonds is 4. The maximum absolute atomic E-state index is 12.0. The lowest BCUT2D eigenvalue weighted by molar-refractivity contribution is 0.0956. The molecule has 2 aromatic heterocycles. The molecule has 0 aromatic carbocycles. The van der Waals surface area contributed by atoms with Crippen molar-refractivity contribution >= 4 is 27.5 Å². The van der Waals surface area contributed by atoms with Crippen LogP contribution in [-0.4, -0.2) is 24.1 Å². The van der Waals surface area contributed by atoms with Crippen LogP contribution in [0.3, 0.4) is 0 Å². The second-order valence-electron chi connectivity index (χ2n) is 5.10. The van der Waals surface area contributed by atoms with Crippen molar-refractivity contribution < 1.29 is 9.18 Å². The van der Waals surface area contributed by atoms with Gasteiger partial charge in [0.05, 0.1) is 11.6 Å². The fourth-order valence-electron chi connectivity index (χ4n) is 2.56. The SMILES string of the molecule is O=C(NCCCF)c1cc2cc3c(nc2s1)CCCC3. The van der Waals surface area contributed by atoms with E-state index >= 15 is 0 Å². The summed E-state index contributed by atoms with van der Waals surface area (Å²) in [4.78, 5) is 18.2. The first-order chi connectivity index (χ1) is 9.78. The molecule has 0 aliphatic heterocycles. The van der Waals surface area contributed by atoms with Gasteiger partial charge < -0.3 is 5.32 Å². The Labute approximate surface area is 121 Å². The maximum Gasteiger partial charge on any atom is 0.261 e. The van der Waals surface area contributed by atoms with Gasteiger partial charge in [0.1, 0.15) is 4.83 Å². The topological polar surface area (TPSA) is 42.0 Å². The van der Waals surface area contributed by atoms with E-state index in [1.807, 2.05) is 6.07 Å². The van der Waals surface area contributed by atoms with Crippen molar-refractivity contribution in [3.05, 3.63) is 28.3 Å². The highest BCUT2D eigenvalue weighted by atomic mass is 32.1. The molecule has 1 aliphatic carbocycles. The number of hydrogen-bond donors (Lipinski definition) is 1. The summed E-state index contributed by atoms with van der Waals surface area (Å²) in [5, 5.41) is 3.78. The zero-order valence-electron chi connectivity index (χ0n) is 11.2. The van der Waals surface area contributed by atoms with E-state index in [9.17, 15) is 9.18 Å². The minimum atomic E-state index is -0.402. The summed E-state index contributed by atoms with van der Waals surface area (Å²) in [7, 11) is 0. The minimum absolute atomic E-state index is 0.126. The van der Waals surface area contributed by atoms with Gasteiger partial charge >= 0.3 is 0 Å². The number of nitrogens with one attached hydrogen (secondary N) is 1. The molecule has 3 nitrogen and oxygen atoms in total. The van der Waals surface area contributed by atoms with Crippen LogP contribution in [0.25, 0.3) is 10.2 Å². The third kappa shape index (κ3) is 2.68. The second kappa shape index (κ2) is 5.87. The summed E-state index contributed by atoms with van der Waals surface area (Å²) in [6.45, 7) is -0.0194. The van der Waals surface area contributed by atoms with Crippen molar-refractivity contribution in [2.24, 2.45) is 0 Å². The van der Waals surface area contributed by atoms with E-state index in [0.29, 0.717) is 17.8 Å². The number of pyridine rings is 1. The van der Waals surface area contributed by atoms with Crippen LogP contribution in [0.2, 0.25) is 0 Å². The van der Waals surface area contributed by atoms with Crippen molar-refractivity contribution in [2.45, 2.75) is 32.1 Å². The van der Waals surface area contributed by atoms with Gasteiger partial charge in [0.2, 0.25) is 0 Å². The van der Waals surface area contributed by atoms with Gasteiger partial charge in [-0.25, -0.2) is 4.98 Å². The Kier molecular flexibility index (Phi) is 3.96. The Balaban J connectivity index is 1.85. The summed E-state index contributed by atoms with van der Waals surface area (Å²) >= 11 is 1.42. The molecule has 2 heterocycles. The van der Waals surface area contributed by atoms with Gasteiger partial charge in [0, 0.05) is 17.6 Å². The van der Waals surface area contributed by atoms with Crippen molar-refractivity contribution in [1.82, 2.24) is 10.3 Å². The Morgan fingerprint density at radius 2 is 2.20 bits per heavy atom.